The van der Waals surface area contributed by atoms with Gasteiger partial charge in [0.1, 0.15) is 5.82 Å². The van der Waals surface area contributed by atoms with E-state index in [1.165, 1.54) is 6.07 Å². The van der Waals surface area contributed by atoms with Gasteiger partial charge in [0, 0.05) is 36.0 Å². The maximum absolute atomic E-state index is 13.4. The summed E-state index contributed by atoms with van der Waals surface area (Å²) < 4.78 is 13.4. The quantitative estimate of drug-likeness (QED) is 0.717. The van der Waals surface area contributed by atoms with Gasteiger partial charge in [-0.2, -0.15) is 11.8 Å². The van der Waals surface area contributed by atoms with Crippen molar-refractivity contribution < 1.29 is 9.50 Å². The molecule has 0 aliphatic rings. The third kappa shape index (κ3) is 6.27. The van der Waals surface area contributed by atoms with Crippen LogP contribution in [0.1, 0.15) is 12.0 Å². The van der Waals surface area contributed by atoms with Crippen LogP contribution in [0.5, 0.6) is 0 Å². The third-order valence-electron chi connectivity index (χ3n) is 2.20. The van der Waals surface area contributed by atoms with Gasteiger partial charge in [0.05, 0.1) is 0 Å². The van der Waals surface area contributed by atoms with E-state index in [9.17, 15) is 4.39 Å². The molecule has 0 radical (unpaired) electrons. The van der Waals surface area contributed by atoms with Crippen LogP contribution in [0.2, 0.25) is 5.02 Å². The predicted octanol–water partition coefficient (Wildman–Crippen LogP) is 2.68. The van der Waals surface area contributed by atoms with Crippen molar-refractivity contribution in [3.8, 4) is 0 Å². The Balaban J connectivity index is 2.14. The summed E-state index contributed by atoms with van der Waals surface area (Å²) in [6, 6.07) is 4.72. The minimum Gasteiger partial charge on any atom is -0.396 e. The van der Waals surface area contributed by atoms with E-state index in [1.54, 1.807) is 23.9 Å². The molecule has 0 amide bonds. The van der Waals surface area contributed by atoms with Crippen LogP contribution in [0.4, 0.5) is 4.39 Å². The van der Waals surface area contributed by atoms with E-state index >= 15 is 0 Å². The van der Waals surface area contributed by atoms with Crippen molar-refractivity contribution in [3.05, 3.63) is 34.6 Å². The predicted molar refractivity (Wildman–Crippen MR) is 72.1 cm³/mol. The molecule has 0 saturated carbocycles. The molecule has 0 aliphatic heterocycles. The van der Waals surface area contributed by atoms with Gasteiger partial charge in [-0.05, 0) is 24.3 Å². The number of thioether (sulfide) groups is 1. The van der Waals surface area contributed by atoms with E-state index in [2.05, 4.69) is 5.32 Å². The summed E-state index contributed by atoms with van der Waals surface area (Å²) in [6.07, 6.45) is 0.830. The zero-order valence-electron chi connectivity index (χ0n) is 9.59. The fourth-order valence-corrected chi connectivity index (χ4v) is 2.29. The Bertz CT molecular complexity index is 338. The number of hydrogen-bond donors (Lipinski definition) is 2. The Labute approximate surface area is 111 Å². The van der Waals surface area contributed by atoms with E-state index in [-0.39, 0.29) is 12.4 Å². The van der Waals surface area contributed by atoms with Gasteiger partial charge in [0.2, 0.25) is 0 Å². The highest BCUT2D eigenvalue weighted by molar-refractivity contribution is 7.99. The third-order valence-corrected chi connectivity index (χ3v) is 3.51. The van der Waals surface area contributed by atoms with Crippen LogP contribution >= 0.6 is 23.4 Å². The second-order valence-corrected chi connectivity index (χ2v) is 5.26. The number of benzene rings is 1. The van der Waals surface area contributed by atoms with Crippen molar-refractivity contribution in [2.45, 2.75) is 13.0 Å². The SMILES string of the molecule is OCCCSCCNCc1ccc(Cl)cc1F. The molecule has 2 N–H and O–H groups in total. The van der Waals surface area contributed by atoms with Crippen molar-refractivity contribution >= 4 is 23.4 Å². The van der Waals surface area contributed by atoms with Gasteiger partial charge in [0.25, 0.3) is 0 Å². The van der Waals surface area contributed by atoms with Crippen LogP contribution in [-0.2, 0) is 6.54 Å². The number of nitrogens with one attached hydrogen (secondary N) is 1. The van der Waals surface area contributed by atoms with Gasteiger partial charge >= 0.3 is 0 Å². The molecule has 0 saturated heterocycles. The zero-order chi connectivity index (χ0) is 12.5. The Morgan fingerprint density at radius 3 is 2.88 bits per heavy atom. The van der Waals surface area contributed by atoms with Gasteiger partial charge in [-0.1, -0.05) is 17.7 Å². The molecule has 96 valence electrons. The van der Waals surface area contributed by atoms with Gasteiger partial charge in [0.15, 0.2) is 0 Å². The molecule has 1 rings (SSSR count). The summed E-state index contributed by atoms with van der Waals surface area (Å²) in [4.78, 5) is 0. The number of aliphatic hydroxyl groups excluding tert-OH is 1. The van der Waals surface area contributed by atoms with Crippen LogP contribution in [0, 0.1) is 5.82 Å². The molecule has 1 aromatic rings. The van der Waals surface area contributed by atoms with E-state index in [0.717, 1.165) is 24.5 Å². The molecule has 0 aromatic heterocycles. The van der Waals surface area contributed by atoms with E-state index in [0.29, 0.717) is 17.1 Å². The van der Waals surface area contributed by atoms with E-state index in [1.807, 2.05) is 0 Å². The smallest absolute Gasteiger partial charge is 0.129 e. The summed E-state index contributed by atoms with van der Waals surface area (Å²) in [7, 11) is 0. The fourth-order valence-electron chi connectivity index (χ4n) is 1.30. The topological polar surface area (TPSA) is 32.3 Å². The lowest BCUT2D eigenvalue weighted by molar-refractivity contribution is 0.296. The lowest BCUT2D eigenvalue weighted by atomic mass is 10.2. The largest absolute Gasteiger partial charge is 0.396 e. The van der Waals surface area contributed by atoms with E-state index in [4.69, 9.17) is 16.7 Å². The number of halogens is 2. The Kier molecular flexibility index (Phi) is 7.60. The number of hydrogen-bond acceptors (Lipinski definition) is 3. The van der Waals surface area contributed by atoms with E-state index < -0.39 is 0 Å². The minimum atomic E-state index is -0.266. The summed E-state index contributed by atoms with van der Waals surface area (Å²) >= 11 is 7.45. The molecule has 0 atom stereocenters. The first-order valence-electron chi connectivity index (χ1n) is 5.57. The molecule has 0 heterocycles. The molecule has 5 heteroatoms. The lowest BCUT2D eigenvalue weighted by Crippen LogP contribution is -2.17. The summed E-state index contributed by atoms with van der Waals surface area (Å²) in [5, 5.41) is 12.2. The van der Waals surface area contributed by atoms with Crippen LogP contribution < -0.4 is 5.32 Å². The Hall–Kier alpha value is -0.290. The van der Waals surface area contributed by atoms with Crippen molar-refractivity contribution in [2.75, 3.05) is 24.7 Å². The first kappa shape index (κ1) is 14.8. The molecule has 1 aromatic carbocycles. The van der Waals surface area contributed by atoms with Gasteiger partial charge in [-0.25, -0.2) is 4.39 Å². The lowest BCUT2D eigenvalue weighted by Gasteiger charge is -2.06. The van der Waals surface area contributed by atoms with Crippen LogP contribution in [0.3, 0.4) is 0 Å². The normalized spacial score (nSPS) is 10.8. The van der Waals surface area contributed by atoms with Crippen LogP contribution in [0.25, 0.3) is 0 Å². The van der Waals surface area contributed by atoms with Crippen LogP contribution in [-0.4, -0.2) is 29.8 Å². The molecular weight excluding hydrogens is 261 g/mol. The summed E-state index contributed by atoms with van der Waals surface area (Å²) in [5.74, 6) is 1.67. The highest BCUT2D eigenvalue weighted by atomic mass is 35.5. The van der Waals surface area contributed by atoms with Gasteiger partial charge in [-0.3, -0.25) is 0 Å². The van der Waals surface area contributed by atoms with Crippen molar-refractivity contribution in [3.63, 3.8) is 0 Å². The molecule has 0 spiro atoms. The standard InChI is InChI=1S/C12H17ClFNOS/c13-11-3-2-10(12(14)8-11)9-15-4-7-17-6-1-5-16/h2-3,8,15-16H,1,4-7,9H2. The van der Waals surface area contributed by atoms with Gasteiger partial charge < -0.3 is 10.4 Å². The summed E-state index contributed by atoms with van der Waals surface area (Å²) in [5.41, 5.74) is 0.634. The molecule has 0 bridgehead atoms. The average Bonchev–Trinajstić information content (AvgIpc) is 2.30. The monoisotopic (exact) mass is 277 g/mol. The molecule has 0 fully saturated rings. The molecule has 17 heavy (non-hydrogen) atoms. The minimum absolute atomic E-state index is 0.246. The highest BCUT2D eigenvalue weighted by Gasteiger charge is 2.01. The van der Waals surface area contributed by atoms with Crippen molar-refractivity contribution in [1.82, 2.24) is 5.32 Å². The molecule has 2 nitrogen and oxygen atoms in total. The zero-order valence-corrected chi connectivity index (χ0v) is 11.2. The second kappa shape index (κ2) is 8.75. The highest BCUT2D eigenvalue weighted by Crippen LogP contribution is 2.14. The number of rotatable bonds is 8. The molecule has 0 aliphatic carbocycles. The second-order valence-electron chi connectivity index (χ2n) is 3.60. The van der Waals surface area contributed by atoms with Gasteiger partial charge in [-0.15, -0.1) is 0 Å². The average molecular weight is 278 g/mol. The molecular formula is C12H17ClFNOS. The Morgan fingerprint density at radius 1 is 1.35 bits per heavy atom. The van der Waals surface area contributed by atoms with Crippen molar-refractivity contribution in [2.24, 2.45) is 0 Å². The first-order valence-corrected chi connectivity index (χ1v) is 7.10. The first-order chi connectivity index (χ1) is 8.24. The fraction of sp³-hybridized carbons (Fsp3) is 0.500. The van der Waals surface area contributed by atoms with Crippen molar-refractivity contribution in [1.29, 1.82) is 0 Å². The summed E-state index contributed by atoms with van der Waals surface area (Å²) in [6.45, 7) is 1.60. The molecule has 0 unspecified atom stereocenters. The maximum atomic E-state index is 13.4. The Morgan fingerprint density at radius 2 is 2.18 bits per heavy atom. The maximum Gasteiger partial charge on any atom is 0.129 e. The van der Waals surface area contributed by atoms with Crippen LogP contribution in [0.15, 0.2) is 18.2 Å². The number of aliphatic hydroxyl groups is 1.